The van der Waals surface area contributed by atoms with Crippen molar-refractivity contribution in [1.82, 2.24) is 4.90 Å². The summed E-state index contributed by atoms with van der Waals surface area (Å²) in [6.07, 6.45) is 1.38. The molecule has 0 fully saturated rings. The molecule has 5 nitrogen and oxygen atoms in total. The number of aliphatic hydroxyl groups excluding tert-OH is 1. The summed E-state index contributed by atoms with van der Waals surface area (Å²) in [5.41, 5.74) is 0.792. The first-order chi connectivity index (χ1) is 10.7. The number of rotatable bonds is 8. The standard InChI is InChI=1S/C17H20N2O3/c1-21-15-6-2-5-14(11-15)17(20)13-19(9-4-8-18)12-16-7-3-10-22-16/h2-3,5-7,10-11,17,20H,4,9,12-13H2,1H3. The van der Waals surface area contributed by atoms with Crippen LogP contribution in [0.5, 0.6) is 5.75 Å². The van der Waals surface area contributed by atoms with E-state index in [0.29, 0.717) is 31.8 Å². The quantitative estimate of drug-likeness (QED) is 0.811. The minimum Gasteiger partial charge on any atom is -0.497 e. The van der Waals surface area contributed by atoms with Crippen LogP contribution in [0.1, 0.15) is 23.8 Å². The second kappa shape index (κ2) is 8.23. The molecule has 0 aliphatic carbocycles. The van der Waals surface area contributed by atoms with Gasteiger partial charge in [-0.3, -0.25) is 4.90 Å². The summed E-state index contributed by atoms with van der Waals surface area (Å²) in [4.78, 5) is 2.01. The molecule has 116 valence electrons. The lowest BCUT2D eigenvalue weighted by Crippen LogP contribution is -2.29. The van der Waals surface area contributed by atoms with E-state index < -0.39 is 6.10 Å². The van der Waals surface area contributed by atoms with E-state index in [1.54, 1.807) is 13.4 Å². The van der Waals surface area contributed by atoms with Crippen molar-refractivity contribution in [2.45, 2.75) is 19.1 Å². The van der Waals surface area contributed by atoms with Crippen molar-refractivity contribution >= 4 is 0 Å². The highest BCUT2D eigenvalue weighted by molar-refractivity contribution is 5.29. The van der Waals surface area contributed by atoms with Crippen LogP contribution < -0.4 is 4.74 Å². The second-order valence-electron chi connectivity index (χ2n) is 5.02. The maximum absolute atomic E-state index is 10.4. The Kier molecular flexibility index (Phi) is 6.01. The molecule has 1 aromatic carbocycles. The molecule has 2 aromatic rings. The predicted octanol–water partition coefficient (Wildman–Crippen LogP) is 2.74. The van der Waals surface area contributed by atoms with E-state index in [-0.39, 0.29) is 0 Å². The molecule has 1 atom stereocenters. The first kappa shape index (κ1) is 16.1. The summed E-state index contributed by atoms with van der Waals surface area (Å²) in [6, 6.07) is 13.2. The molecule has 1 aromatic heterocycles. The van der Waals surface area contributed by atoms with E-state index in [2.05, 4.69) is 6.07 Å². The number of methoxy groups -OCH3 is 1. The molecule has 1 unspecified atom stereocenters. The number of aliphatic hydroxyl groups is 1. The van der Waals surface area contributed by atoms with Crippen molar-refractivity contribution in [2.75, 3.05) is 20.2 Å². The average Bonchev–Trinajstić information content (AvgIpc) is 3.05. The van der Waals surface area contributed by atoms with Gasteiger partial charge in [0.05, 0.1) is 32.1 Å². The Hall–Kier alpha value is -2.29. The molecule has 5 heteroatoms. The maximum Gasteiger partial charge on any atom is 0.119 e. The van der Waals surface area contributed by atoms with Crippen LogP contribution in [0.3, 0.4) is 0 Å². The third-order valence-corrected chi connectivity index (χ3v) is 3.41. The highest BCUT2D eigenvalue weighted by Gasteiger charge is 2.15. The van der Waals surface area contributed by atoms with Crippen LogP contribution in [-0.4, -0.2) is 30.2 Å². The summed E-state index contributed by atoms with van der Waals surface area (Å²) >= 11 is 0. The van der Waals surface area contributed by atoms with E-state index in [0.717, 1.165) is 11.3 Å². The average molecular weight is 300 g/mol. The van der Waals surface area contributed by atoms with Gasteiger partial charge in [0.15, 0.2) is 0 Å². The minimum atomic E-state index is -0.649. The minimum absolute atomic E-state index is 0.408. The van der Waals surface area contributed by atoms with Gasteiger partial charge >= 0.3 is 0 Å². The zero-order valence-electron chi connectivity index (χ0n) is 12.6. The number of benzene rings is 1. The molecule has 0 saturated carbocycles. The number of furan rings is 1. The van der Waals surface area contributed by atoms with Gasteiger partial charge in [-0.1, -0.05) is 12.1 Å². The molecule has 0 bridgehead atoms. The third kappa shape index (κ3) is 4.62. The number of nitriles is 1. The SMILES string of the molecule is COc1cccc(C(O)CN(CCC#N)Cc2ccco2)c1. The highest BCUT2D eigenvalue weighted by atomic mass is 16.5. The van der Waals surface area contributed by atoms with Gasteiger partial charge in [-0.25, -0.2) is 0 Å². The van der Waals surface area contributed by atoms with Crippen molar-refractivity contribution in [1.29, 1.82) is 5.26 Å². The largest absolute Gasteiger partial charge is 0.497 e. The van der Waals surface area contributed by atoms with Gasteiger partial charge in [-0.15, -0.1) is 0 Å². The molecule has 0 radical (unpaired) electrons. The lowest BCUT2D eigenvalue weighted by molar-refractivity contribution is 0.106. The van der Waals surface area contributed by atoms with Crippen LogP contribution in [-0.2, 0) is 6.54 Å². The van der Waals surface area contributed by atoms with E-state index in [4.69, 9.17) is 14.4 Å². The molecule has 22 heavy (non-hydrogen) atoms. The van der Waals surface area contributed by atoms with Crippen molar-refractivity contribution in [3.05, 3.63) is 54.0 Å². The Balaban J connectivity index is 2.02. The Bertz CT molecular complexity index is 605. The molecule has 2 rings (SSSR count). The normalized spacial score (nSPS) is 12.1. The van der Waals surface area contributed by atoms with Crippen LogP contribution in [0, 0.1) is 11.3 Å². The van der Waals surface area contributed by atoms with Gasteiger partial charge < -0.3 is 14.3 Å². The monoisotopic (exact) mass is 300 g/mol. The summed E-state index contributed by atoms with van der Waals surface area (Å²) in [6.45, 7) is 1.57. The fourth-order valence-electron chi connectivity index (χ4n) is 2.26. The van der Waals surface area contributed by atoms with E-state index >= 15 is 0 Å². The first-order valence-corrected chi connectivity index (χ1v) is 7.16. The summed E-state index contributed by atoms with van der Waals surface area (Å²) in [5.74, 6) is 1.53. The van der Waals surface area contributed by atoms with Gasteiger partial charge in [0.2, 0.25) is 0 Å². The van der Waals surface area contributed by atoms with Crippen LogP contribution in [0.4, 0.5) is 0 Å². The smallest absolute Gasteiger partial charge is 0.119 e. The van der Waals surface area contributed by atoms with Crippen molar-refractivity contribution < 1.29 is 14.3 Å². The molecule has 0 saturated heterocycles. The summed E-state index contributed by atoms with van der Waals surface area (Å²) in [5, 5.41) is 19.2. The van der Waals surface area contributed by atoms with E-state index in [1.165, 1.54) is 0 Å². The summed E-state index contributed by atoms with van der Waals surface area (Å²) in [7, 11) is 1.60. The number of nitrogens with zero attached hydrogens (tertiary/aromatic N) is 2. The Morgan fingerprint density at radius 1 is 1.36 bits per heavy atom. The van der Waals surface area contributed by atoms with Crippen LogP contribution in [0.15, 0.2) is 47.1 Å². The fourth-order valence-corrected chi connectivity index (χ4v) is 2.26. The van der Waals surface area contributed by atoms with Crippen LogP contribution in [0.2, 0.25) is 0 Å². The second-order valence-corrected chi connectivity index (χ2v) is 5.02. The molecular weight excluding hydrogens is 280 g/mol. The topological polar surface area (TPSA) is 69.6 Å². The Morgan fingerprint density at radius 2 is 2.23 bits per heavy atom. The van der Waals surface area contributed by atoms with E-state index in [1.807, 2.05) is 41.3 Å². The summed E-state index contributed by atoms with van der Waals surface area (Å²) < 4.78 is 10.5. The zero-order chi connectivity index (χ0) is 15.8. The highest BCUT2D eigenvalue weighted by Crippen LogP contribution is 2.20. The van der Waals surface area contributed by atoms with Gasteiger partial charge in [-0.2, -0.15) is 5.26 Å². The van der Waals surface area contributed by atoms with Gasteiger partial charge in [0.1, 0.15) is 11.5 Å². The fraction of sp³-hybridized carbons (Fsp3) is 0.353. The van der Waals surface area contributed by atoms with Crippen molar-refractivity contribution in [2.24, 2.45) is 0 Å². The Labute approximate surface area is 130 Å². The lowest BCUT2D eigenvalue weighted by atomic mass is 10.1. The number of hydrogen-bond donors (Lipinski definition) is 1. The Morgan fingerprint density at radius 3 is 2.91 bits per heavy atom. The molecule has 1 heterocycles. The lowest BCUT2D eigenvalue weighted by Gasteiger charge is -2.23. The number of hydrogen-bond acceptors (Lipinski definition) is 5. The van der Waals surface area contributed by atoms with Gasteiger partial charge in [0.25, 0.3) is 0 Å². The molecule has 1 N–H and O–H groups in total. The third-order valence-electron chi connectivity index (χ3n) is 3.41. The van der Waals surface area contributed by atoms with E-state index in [9.17, 15) is 5.11 Å². The molecule has 0 spiro atoms. The van der Waals surface area contributed by atoms with Crippen molar-refractivity contribution in [3.63, 3.8) is 0 Å². The maximum atomic E-state index is 10.4. The molecule has 0 amide bonds. The van der Waals surface area contributed by atoms with Gasteiger partial charge in [-0.05, 0) is 29.8 Å². The van der Waals surface area contributed by atoms with Gasteiger partial charge in [0, 0.05) is 19.5 Å². The molecular formula is C17H20N2O3. The zero-order valence-corrected chi connectivity index (χ0v) is 12.6. The molecule has 0 aliphatic heterocycles. The molecule has 0 aliphatic rings. The van der Waals surface area contributed by atoms with Crippen LogP contribution in [0.25, 0.3) is 0 Å². The first-order valence-electron chi connectivity index (χ1n) is 7.16. The number of ether oxygens (including phenoxy) is 1. The predicted molar refractivity (Wildman–Crippen MR) is 82.2 cm³/mol. The van der Waals surface area contributed by atoms with Crippen LogP contribution >= 0.6 is 0 Å². The van der Waals surface area contributed by atoms with Crippen molar-refractivity contribution in [3.8, 4) is 11.8 Å².